The number of hydrogen-bond donors (Lipinski definition) is 2. The third-order valence-electron chi connectivity index (χ3n) is 3.87. The summed E-state index contributed by atoms with van der Waals surface area (Å²) in [6.45, 7) is 4.13. The average molecular weight is 330 g/mol. The first-order valence-electron chi connectivity index (χ1n) is 7.99. The highest BCUT2D eigenvalue weighted by molar-refractivity contribution is 5.81. The summed E-state index contributed by atoms with van der Waals surface area (Å²) in [4.78, 5) is 12.1. The number of rotatable bonds is 7. The van der Waals surface area contributed by atoms with Crippen molar-refractivity contribution in [2.45, 2.75) is 26.3 Å². The molecule has 0 saturated carbocycles. The first-order valence-corrected chi connectivity index (χ1v) is 7.99. The quantitative estimate of drug-likeness (QED) is 0.814. The summed E-state index contributed by atoms with van der Waals surface area (Å²) in [7, 11) is 1.46. The molecule has 0 saturated heterocycles. The molecule has 0 aliphatic rings. The van der Waals surface area contributed by atoms with Crippen LogP contribution in [-0.2, 0) is 11.2 Å². The van der Waals surface area contributed by atoms with Crippen LogP contribution in [0.3, 0.4) is 0 Å². The molecule has 2 aromatic carbocycles. The minimum Gasteiger partial charge on any atom is -0.494 e. The molecule has 0 aromatic heterocycles. The summed E-state index contributed by atoms with van der Waals surface area (Å²) in [6.07, 6.45) is 0.991. The van der Waals surface area contributed by atoms with E-state index in [-0.39, 0.29) is 24.3 Å². The van der Waals surface area contributed by atoms with E-state index in [2.05, 4.69) is 29.7 Å². The van der Waals surface area contributed by atoms with Crippen molar-refractivity contribution >= 4 is 11.6 Å². The van der Waals surface area contributed by atoms with Crippen LogP contribution in [0.4, 0.5) is 10.1 Å². The zero-order valence-corrected chi connectivity index (χ0v) is 14.2. The highest BCUT2D eigenvalue weighted by Crippen LogP contribution is 2.24. The van der Waals surface area contributed by atoms with E-state index in [0.29, 0.717) is 11.4 Å². The summed E-state index contributed by atoms with van der Waals surface area (Å²) < 4.78 is 18.3. The molecule has 2 rings (SSSR count). The number of amides is 1. The minimum absolute atomic E-state index is 0.0827. The third kappa shape index (κ3) is 4.72. The van der Waals surface area contributed by atoms with Gasteiger partial charge in [-0.05, 0) is 36.6 Å². The van der Waals surface area contributed by atoms with E-state index in [1.165, 1.54) is 24.8 Å². The fourth-order valence-corrected chi connectivity index (χ4v) is 2.40. The van der Waals surface area contributed by atoms with E-state index in [9.17, 15) is 9.18 Å². The number of halogens is 1. The van der Waals surface area contributed by atoms with Crippen molar-refractivity contribution < 1.29 is 13.9 Å². The lowest BCUT2D eigenvalue weighted by molar-refractivity contribution is -0.120. The van der Waals surface area contributed by atoms with Crippen LogP contribution < -0.4 is 15.4 Å². The Morgan fingerprint density at radius 3 is 2.54 bits per heavy atom. The largest absolute Gasteiger partial charge is 0.494 e. The molecule has 1 atom stereocenters. The molecule has 1 unspecified atom stereocenters. The van der Waals surface area contributed by atoms with Crippen molar-refractivity contribution in [1.29, 1.82) is 0 Å². The molecule has 0 radical (unpaired) electrons. The van der Waals surface area contributed by atoms with Gasteiger partial charge in [0.15, 0.2) is 0 Å². The smallest absolute Gasteiger partial charge is 0.239 e. The average Bonchev–Trinajstić information content (AvgIpc) is 2.60. The SMILES string of the molecule is CCc1ccc(C(C)NC(=O)CNc2ccc(F)cc2OC)cc1. The van der Waals surface area contributed by atoms with Crippen molar-refractivity contribution in [1.82, 2.24) is 5.32 Å². The number of nitrogens with one attached hydrogen (secondary N) is 2. The Kier molecular flexibility index (Phi) is 6.18. The summed E-state index contributed by atoms with van der Waals surface area (Å²) >= 11 is 0. The Morgan fingerprint density at radius 2 is 1.92 bits per heavy atom. The second kappa shape index (κ2) is 8.34. The highest BCUT2D eigenvalue weighted by Gasteiger charge is 2.11. The first kappa shape index (κ1) is 17.8. The molecule has 0 heterocycles. The van der Waals surface area contributed by atoms with Gasteiger partial charge in [0.25, 0.3) is 0 Å². The molecule has 0 fully saturated rings. The van der Waals surface area contributed by atoms with Crippen LogP contribution in [0.1, 0.15) is 31.0 Å². The standard InChI is InChI=1S/C19H23FN2O2/c1-4-14-5-7-15(8-6-14)13(2)22-19(23)12-21-17-10-9-16(20)11-18(17)24-3/h5-11,13,21H,4,12H2,1-3H3,(H,22,23). The second-order valence-electron chi connectivity index (χ2n) is 5.58. The normalized spacial score (nSPS) is 11.7. The molecule has 0 bridgehead atoms. The molecule has 0 aliphatic heterocycles. The highest BCUT2D eigenvalue weighted by atomic mass is 19.1. The van der Waals surface area contributed by atoms with Gasteiger partial charge in [-0.2, -0.15) is 0 Å². The van der Waals surface area contributed by atoms with Gasteiger partial charge in [-0.25, -0.2) is 4.39 Å². The Hall–Kier alpha value is -2.56. The van der Waals surface area contributed by atoms with Gasteiger partial charge in [0, 0.05) is 6.07 Å². The Bertz CT molecular complexity index is 686. The van der Waals surface area contributed by atoms with Gasteiger partial charge in [0.1, 0.15) is 11.6 Å². The van der Waals surface area contributed by atoms with Gasteiger partial charge in [-0.3, -0.25) is 4.79 Å². The van der Waals surface area contributed by atoms with Gasteiger partial charge < -0.3 is 15.4 Å². The Morgan fingerprint density at radius 1 is 1.21 bits per heavy atom. The van der Waals surface area contributed by atoms with E-state index in [1.807, 2.05) is 19.1 Å². The number of methoxy groups -OCH3 is 1. The van der Waals surface area contributed by atoms with E-state index in [1.54, 1.807) is 6.07 Å². The third-order valence-corrected chi connectivity index (χ3v) is 3.87. The van der Waals surface area contributed by atoms with Crippen LogP contribution in [0.2, 0.25) is 0 Å². The molecule has 128 valence electrons. The van der Waals surface area contributed by atoms with Crippen LogP contribution in [0.25, 0.3) is 0 Å². The van der Waals surface area contributed by atoms with Gasteiger partial charge in [-0.15, -0.1) is 0 Å². The summed E-state index contributed by atoms with van der Waals surface area (Å²) in [5.74, 6) is -0.162. The number of benzene rings is 2. The van der Waals surface area contributed by atoms with Crippen LogP contribution >= 0.6 is 0 Å². The molecule has 2 N–H and O–H groups in total. The molecule has 2 aromatic rings. The van der Waals surface area contributed by atoms with Gasteiger partial charge in [-0.1, -0.05) is 31.2 Å². The number of carbonyl (C=O) groups is 1. The lowest BCUT2D eigenvalue weighted by Gasteiger charge is -2.16. The van der Waals surface area contributed by atoms with Crippen molar-refractivity contribution in [2.24, 2.45) is 0 Å². The van der Waals surface area contributed by atoms with Crippen molar-refractivity contribution in [3.8, 4) is 5.75 Å². The van der Waals surface area contributed by atoms with E-state index in [4.69, 9.17) is 4.74 Å². The van der Waals surface area contributed by atoms with Crippen LogP contribution in [-0.4, -0.2) is 19.6 Å². The van der Waals surface area contributed by atoms with E-state index < -0.39 is 0 Å². The Labute approximate surface area is 142 Å². The molecule has 0 spiro atoms. The maximum Gasteiger partial charge on any atom is 0.239 e. The predicted molar refractivity (Wildman–Crippen MR) is 93.8 cm³/mol. The van der Waals surface area contributed by atoms with Gasteiger partial charge in [0.05, 0.1) is 25.4 Å². The lowest BCUT2D eigenvalue weighted by Crippen LogP contribution is -2.32. The molecule has 24 heavy (non-hydrogen) atoms. The number of carbonyl (C=O) groups excluding carboxylic acids is 1. The maximum atomic E-state index is 13.2. The van der Waals surface area contributed by atoms with Gasteiger partial charge in [0.2, 0.25) is 5.91 Å². The summed E-state index contributed by atoms with van der Waals surface area (Å²) in [5.41, 5.74) is 2.90. The summed E-state index contributed by atoms with van der Waals surface area (Å²) in [6, 6.07) is 12.3. The topological polar surface area (TPSA) is 50.4 Å². The number of anilines is 1. The molecule has 1 amide bonds. The predicted octanol–water partition coefficient (Wildman–Crippen LogP) is 3.69. The molecule has 4 nitrogen and oxygen atoms in total. The van der Waals surface area contributed by atoms with Gasteiger partial charge >= 0.3 is 0 Å². The number of hydrogen-bond acceptors (Lipinski definition) is 3. The monoisotopic (exact) mass is 330 g/mol. The zero-order chi connectivity index (χ0) is 17.5. The lowest BCUT2D eigenvalue weighted by atomic mass is 10.1. The molecule has 5 heteroatoms. The van der Waals surface area contributed by atoms with Crippen molar-refractivity contribution in [3.05, 3.63) is 59.4 Å². The Balaban J connectivity index is 1.90. The van der Waals surface area contributed by atoms with E-state index >= 15 is 0 Å². The molecule has 0 aliphatic carbocycles. The fourth-order valence-electron chi connectivity index (χ4n) is 2.40. The first-order chi connectivity index (χ1) is 11.5. The van der Waals surface area contributed by atoms with Crippen molar-refractivity contribution in [2.75, 3.05) is 19.0 Å². The summed E-state index contributed by atoms with van der Waals surface area (Å²) in [5, 5.41) is 5.90. The van der Waals surface area contributed by atoms with Crippen LogP contribution in [0.15, 0.2) is 42.5 Å². The number of aryl methyl sites for hydroxylation is 1. The maximum absolute atomic E-state index is 13.2. The minimum atomic E-state index is -0.383. The van der Waals surface area contributed by atoms with E-state index in [0.717, 1.165) is 12.0 Å². The van der Waals surface area contributed by atoms with Crippen LogP contribution in [0, 0.1) is 5.82 Å². The van der Waals surface area contributed by atoms with Crippen LogP contribution in [0.5, 0.6) is 5.75 Å². The molecular formula is C19H23FN2O2. The second-order valence-corrected chi connectivity index (χ2v) is 5.58. The zero-order valence-electron chi connectivity index (χ0n) is 14.2. The number of ether oxygens (including phenoxy) is 1. The molecular weight excluding hydrogens is 307 g/mol. The fraction of sp³-hybridized carbons (Fsp3) is 0.316. The van der Waals surface area contributed by atoms with Crippen molar-refractivity contribution in [3.63, 3.8) is 0 Å².